The van der Waals surface area contributed by atoms with Crippen molar-refractivity contribution >= 4 is 36.1 Å². The summed E-state index contributed by atoms with van der Waals surface area (Å²) in [7, 11) is 3.27. The Hall–Kier alpha value is -1.52. The number of hydroxylamine groups is 2. The maximum atomic E-state index is 12.6. The predicted octanol–water partition coefficient (Wildman–Crippen LogP) is 5.50. The molecule has 0 fully saturated rings. The summed E-state index contributed by atoms with van der Waals surface area (Å²) in [5, 5.41) is 11.0. The highest BCUT2D eigenvalue weighted by atomic mass is 127. The summed E-state index contributed by atoms with van der Waals surface area (Å²) >= 11 is 2.22. The minimum absolute atomic E-state index is 0.221. The number of cyclic esters (lactones) is 1. The van der Waals surface area contributed by atoms with E-state index in [2.05, 4.69) is 33.4 Å². The van der Waals surface area contributed by atoms with Crippen molar-refractivity contribution in [2.45, 2.75) is 59.6 Å². The van der Waals surface area contributed by atoms with E-state index < -0.39 is 6.04 Å². The third-order valence-corrected chi connectivity index (χ3v) is 7.10. The van der Waals surface area contributed by atoms with Crippen molar-refractivity contribution in [1.82, 2.24) is 5.23 Å². The molecule has 1 heterocycles. The van der Waals surface area contributed by atoms with E-state index in [1.807, 2.05) is 27.7 Å². The lowest BCUT2D eigenvalue weighted by atomic mass is 9.94. The summed E-state index contributed by atoms with van der Waals surface area (Å²) < 4.78 is 17.2. The van der Waals surface area contributed by atoms with Crippen LogP contribution in [0.4, 0.5) is 0 Å². The molecule has 188 valence electrons. The fourth-order valence-electron chi connectivity index (χ4n) is 3.85. The normalized spacial score (nSPS) is 14.1. The minimum Gasteiger partial charge on any atom is -0.496 e. The molecule has 0 bridgehead atoms. The fourth-order valence-corrected chi connectivity index (χ4v) is 4.54. The summed E-state index contributed by atoms with van der Waals surface area (Å²) in [4.78, 5) is 23.6. The van der Waals surface area contributed by atoms with Crippen LogP contribution in [0.1, 0.15) is 60.7 Å². The molecule has 0 spiro atoms. The lowest BCUT2D eigenvalue weighted by molar-refractivity contribution is -0.376. The predicted molar refractivity (Wildman–Crippen MR) is 140 cm³/mol. The van der Waals surface area contributed by atoms with E-state index in [0.29, 0.717) is 49.7 Å². The smallest absolute Gasteiger partial charge is 0.342 e. The average Bonchev–Trinajstić information content (AvgIpc) is 3.22. The Morgan fingerprint density at radius 1 is 1.29 bits per heavy atom. The number of benzene rings is 1. The number of hydrogen-bond donors (Lipinski definition) is 0. The van der Waals surface area contributed by atoms with E-state index >= 15 is 0 Å². The zero-order chi connectivity index (χ0) is 25.1. The first kappa shape index (κ1) is 28.7. The van der Waals surface area contributed by atoms with Gasteiger partial charge in [-0.3, -0.25) is 9.68 Å². The Balaban J connectivity index is 2.43. The molecule has 0 saturated carbocycles. The third kappa shape index (κ3) is 7.01. The van der Waals surface area contributed by atoms with Gasteiger partial charge in [0.25, 0.3) is 0 Å². The maximum Gasteiger partial charge on any atom is 0.342 e. The number of fused-ring (bicyclic) bond motifs is 1. The number of nitriles is 1. The summed E-state index contributed by atoms with van der Waals surface area (Å²) in [6.07, 6.45) is 3.77. The van der Waals surface area contributed by atoms with Crippen LogP contribution in [0.25, 0.3) is 0 Å². The Bertz CT molecular complexity index is 912. The first-order valence-corrected chi connectivity index (χ1v) is 14.9. The SMILES string of the molecule is CCON(OCC)C(C#N)C/C(=C/Cc1c(OC)c(C)c2c(c1OCCSI)C(=O)OC2)CC. The molecule has 1 aromatic carbocycles. The molecule has 1 unspecified atom stereocenters. The van der Waals surface area contributed by atoms with E-state index in [-0.39, 0.29) is 12.6 Å². The van der Waals surface area contributed by atoms with E-state index in [4.69, 9.17) is 23.9 Å². The molecule has 10 heteroatoms. The number of methoxy groups -OCH3 is 1. The van der Waals surface area contributed by atoms with E-state index in [9.17, 15) is 10.1 Å². The van der Waals surface area contributed by atoms with Gasteiger partial charge in [0, 0.05) is 23.3 Å². The number of allylic oxidation sites excluding steroid dienone is 1. The van der Waals surface area contributed by atoms with E-state index in [1.54, 1.807) is 16.0 Å². The number of ether oxygens (including phenoxy) is 3. The van der Waals surface area contributed by atoms with Crippen LogP contribution in [0.5, 0.6) is 11.5 Å². The number of rotatable bonds is 15. The Morgan fingerprint density at radius 2 is 2.00 bits per heavy atom. The van der Waals surface area contributed by atoms with Gasteiger partial charge in [0.2, 0.25) is 0 Å². The molecule has 8 nitrogen and oxygen atoms in total. The zero-order valence-corrected chi connectivity index (χ0v) is 23.4. The topological polar surface area (TPSA) is 90.3 Å². The zero-order valence-electron chi connectivity index (χ0n) is 20.4. The quantitative estimate of drug-likeness (QED) is 0.0846. The van der Waals surface area contributed by atoms with Crippen molar-refractivity contribution in [2.24, 2.45) is 0 Å². The lowest BCUT2D eigenvalue weighted by Crippen LogP contribution is -2.35. The highest BCUT2D eigenvalue weighted by molar-refractivity contribution is 14.2. The molecule has 0 amide bonds. The van der Waals surface area contributed by atoms with Crippen LogP contribution < -0.4 is 9.47 Å². The van der Waals surface area contributed by atoms with Crippen molar-refractivity contribution in [1.29, 1.82) is 5.26 Å². The second-order valence-electron chi connectivity index (χ2n) is 7.45. The number of carbonyl (C=O) groups is 1. The van der Waals surface area contributed by atoms with Crippen molar-refractivity contribution in [2.75, 3.05) is 32.7 Å². The van der Waals surface area contributed by atoms with Crippen LogP contribution in [0.15, 0.2) is 11.6 Å². The fraction of sp³-hybridized carbons (Fsp3) is 0.583. The number of hydrogen-bond acceptors (Lipinski definition) is 9. The van der Waals surface area contributed by atoms with Crippen molar-refractivity contribution in [3.05, 3.63) is 33.9 Å². The first-order valence-electron chi connectivity index (χ1n) is 11.3. The molecule has 1 aromatic rings. The Labute approximate surface area is 218 Å². The number of halogens is 1. The second kappa shape index (κ2) is 14.8. The van der Waals surface area contributed by atoms with Gasteiger partial charge in [0.05, 0.1) is 33.0 Å². The summed E-state index contributed by atoms with van der Waals surface area (Å²) in [6, 6.07) is 1.69. The minimum atomic E-state index is -0.582. The molecular formula is C24H33IN2O6S. The molecule has 0 radical (unpaired) electrons. The molecule has 2 rings (SSSR count). The molecular weight excluding hydrogens is 571 g/mol. The molecule has 34 heavy (non-hydrogen) atoms. The molecule has 0 saturated heterocycles. The highest BCUT2D eigenvalue weighted by Crippen LogP contribution is 2.43. The van der Waals surface area contributed by atoms with Gasteiger partial charge in [0.15, 0.2) is 6.04 Å². The van der Waals surface area contributed by atoms with Crippen molar-refractivity contribution in [3.8, 4) is 17.6 Å². The largest absolute Gasteiger partial charge is 0.496 e. The third-order valence-electron chi connectivity index (χ3n) is 5.45. The van der Waals surface area contributed by atoms with E-state index in [0.717, 1.165) is 34.4 Å². The van der Waals surface area contributed by atoms with Gasteiger partial charge in [-0.2, -0.15) is 5.26 Å². The van der Waals surface area contributed by atoms with Crippen LogP contribution in [0, 0.1) is 18.3 Å². The van der Waals surface area contributed by atoms with Gasteiger partial charge >= 0.3 is 5.97 Å². The summed E-state index contributed by atoms with van der Waals surface area (Å²) in [6.45, 7) is 9.17. The van der Waals surface area contributed by atoms with Gasteiger partial charge in [-0.25, -0.2) is 4.79 Å². The molecule has 1 aliphatic rings. The van der Waals surface area contributed by atoms with Crippen molar-refractivity contribution in [3.63, 3.8) is 0 Å². The van der Waals surface area contributed by atoms with E-state index in [1.165, 1.54) is 5.23 Å². The van der Waals surface area contributed by atoms with Gasteiger partial charge < -0.3 is 14.2 Å². The lowest BCUT2D eigenvalue weighted by Gasteiger charge is -2.25. The van der Waals surface area contributed by atoms with Crippen LogP contribution in [-0.2, 0) is 27.4 Å². The second-order valence-corrected chi connectivity index (χ2v) is 9.94. The number of nitrogens with zero attached hydrogens (tertiary/aromatic N) is 2. The number of esters is 1. The Morgan fingerprint density at radius 3 is 2.56 bits per heavy atom. The summed E-state index contributed by atoms with van der Waals surface area (Å²) in [5.74, 6) is 1.64. The standard InChI is InChI=1S/C24H33IN2O6S/c1-6-17(13-18(14-26)27(32-7-2)33-8-3)9-10-19-22(29-5)16(4)20-15-31-24(28)21(20)23(19)30-11-12-34-25/h9,18H,6-8,10-13,15H2,1-5H3/b17-9+. The van der Waals surface area contributed by atoms with Crippen LogP contribution in [0.2, 0.25) is 0 Å². The summed E-state index contributed by atoms with van der Waals surface area (Å²) in [5.41, 5.74) is 4.06. The maximum absolute atomic E-state index is 12.6. The Kier molecular flexibility index (Phi) is 12.5. The van der Waals surface area contributed by atoms with Gasteiger partial charge in [0.1, 0.15) is 23.7 Å². The van der Waals surface area contributed by atoms with Crippen LogP contribution in [-0.4, -0.2) is 49.9 Å². The molecule has 0 aromatic heterocycles. The molecule has 0 N–H and O–H groups in total. The molecule has 0 aliphatic carbocycles. The van der Waals surface area contributed by atoms with Crippen LogP contribution in [0.3, 0.4) is 0 Å². The molecule has 1 atom stereocenters. The van der Waals surface area contributed by atoms with Crippen LogP contribution >= 0.6 is 30.1 Å². The van der Waals surface area contributed by atoms with Gasteiger partial charge in [-0.15, -0.1) is 0 Å². The van der Waals surface area contributed by atoms with Crippen molar-refractivity contribution < 1.29 is 28.7 Å². The van der Waals surface area contributed by atoms with Gasteiger partial charge in [-0.05, 0) is 65.6 Å². The highest BCUT2D eigenvalue weighted by Gasteiger charge is 2.33. The average molecular weight is 605 g/mol. The number of carbonyl (C=O) groups excluding carboxylic acids is 1. The monoisotopic (exact) mass is 604 g/mol. The van der Waals surface area contributed by atoms with Gasteiger partial charge in [-0.1, -0.05) is 27.5 Å². The molecule has 1 aliphatic heterocycles. The first-order chi connectivity index (χ1) is 16.5.